The fourth-order valence-corrected chi connectivity index (χ4v) is 1.89. The molecule has 0 spiro atoms. The zero-order chi connectivity index (χ0) is 14.1. The van der Waals surface area contributed by atoms with Gasteiger partial charge in [0.1, 0.15) is 0 Å². The molecule has 0 fully saturated rings. The summed E-state index contributed by atoms with van der Waals surface area (Å²) in [6.45, 7) is 7.05. The number of aryl methyl sites for hydroxylation is 1. The summed E-state index contributed by atoms with van der Waals surface area (Å²) in [5, 5.41) is 3.16. The molecule has 106 valence electrons. The minimum Gasteiger partial charge on any atom is -0.370 e. The number of guanidine groups is 1. The number of hydrogen-bond acceptors (Lipinski definition) is 1. The van der Waals surface area contributed by atoms with Crippen molar-refractivity contribution in [3.8, 4) is 0 Å². The molecular formula is C16H27N3. The molecule has 0 saturated heterocycles. The Morgan fingerprint density at radius 3 is 2.42 bits per heavy atom. The minimum absolute atomic E-state index is 0.0130. The van der Waals surface area contributed by atoms with Gasteiger partial charge in [0.15, 0.2) is 5.96 Å². The molecule has 1 aromatic carbocycles. The Balaban J connectivity index is 2.10. The van der Waals surface area contributed by atoms with E-state index in [9.17, 15) is 0 Å². The number of benzene rings is 1. The van der Waals surface area contributed by atoms with Crippen molar-refractivity contribution in [3.63, 3.8) is 0 Å². The molecule has 3 heteroatoms. The molecule has 3 nitrogen and oxygen atoms in total. The van der Waals surface area contributed by atoms with Gasteiger partial charge in [-0.3, -0.25) is 4.99 Å². The van der Waals surface area contributed by atoms with Crippen LogP contribution in [0, 0.1) is 0 Å². The first kappa shape index (κ1) is 15.5. The van der Waals surface area contributed by atoms with Crippen molar-refractivity contribution >= 4 is 5.96 Å². The molecule has 0 bridgehead atoms. The monoisotopic (exact) mass is 261 g/mol. The van der Waals surface area contributed by atoms with E-state index in [0.29, 0.717) is 5.96 Å². The van der Waals surface area contributed by atoms with E-state index in [-0.39, 0.29) is 5.54 Å². The predicted octanol–water partition coefficient (Wildman–Crippen LogP) is 3.10. The Kier molecular flexibility index (Phi) is 6.40. The lowest BCUT2D eigenvalue weighted by Crippen LogP contribution is -2.45. The summed E-state index contributed by atoms with van der Waals surface area (Å²) >= 11 is 0. The van der Waals surface area contributed by atoms with E-state index in [2.05, 4.69) is 61.4 Å². The number of rotatable bonds is 6. The largest absolute Gasteiger partial charge is 0.370 e. The number of nitrogens with one attached hydrogen (secondary N) is 1. The van der Waals surface area contributed by atoms with Crippen molar-refractivity contribution in [1.29, 1.82) is 0 Å². The van der Waals surface area contributed by atoms with Crippen LogP contribution >= 0.6 is 0 Å². The first-order valence-electron chi connectivity index (χ1n) is 7.09. The average Bonchev–Trinajstić information content (AvgIpc) is 2.32. The third kappa shape index (κ3) is 8.25. The molecule has 1 rings (SSSR count). The number of hydrogen-bond donors (Lipinski definition) is 2. The maximum Gasteiger partial charge on any atom is 0.188 e. The highest BCUT2D eigenvalue weighted by Gasteiger charge is 2.09. The first-order chi connectivity index (χ1) is 8.97. The van der Waals surface area contributed by atoms with E-state index in [1.54, 1.807) is 0 Å². The Morgan fingerprint density at radius 2 is 1.79 bits per heavy atom. The normalized spacial score (nSPS) is 12.5. The van der Waals surface area contributed by atoms with Gasteiger partial charge in [-0.25, -0.2) is 0 Å². The molecular weight excluding hydrogens is 234 g/mol. The van der Waals surface area contributed by atoms with Gasteiger partial charge in [0.2, 0.25) is 0 Å². The van der Waals surface area contributed by atoms with Crippen molar-refractivity contribution in [2.75, 3.05) is 6.54 Å². The summed E-state index contributed by atoms with van der Waals surface area (Å²) in [6, 6.07) is 10.6. The fourth-order valence-electron chi connectivity index (χ4n) is 1.89. The van der Waals surface area contributed by atoms with E-state index in [4.69, 9.17) is 5.73 Å². The second kappa shape index (κ2) is 7.82. The lowest BCUT2D eigenvalue weighted by Gasteiger charge is -2.20. The number of nitrogens with two attached hydrogens (primary N) is 1. The Bertz CT molecular complexity index is 377. The molecule has 19 heavy (non-hydrogen) atoms. The van der Waals surface area contributed by atoms with Crippen molar-refractivity contribution in [2.24, 2.45) is 10.7 Å². The molecule has 0 aromatic heterocycles. The third-order valence-corrected chi connectivity index (χ3v) is 2.75. The maximum atomic E-state index is 5.80. The van der Waals surface area contributed by atoms with Crippen LogP contribution in [0.2, 0.25) is 0 Å². The molecule has 0 aliphatic carbocycles. The van der Waals surface area contributed by atoms with Crippen LogP contribution in [0.25, 0.3) is 0 Å². The van der Waals surface area contributed by atoms with Crippen LogP contribution < -0.4 is 11.1 Å². The van der Waals surface area contributed by atoms with Crippen LogP contribution in [-0.2, 0) is 6.42 Å². The SMILES string of the molecule is CC(C)(C)NC(N)=NCCCCCc1ccccc1. The molecule has 0 unspecified atom stereocenters. The number of aliphatic imine (C=N–C) groups is 1. The predicted molar refractivity (Wildman–Crippen MR) is 83.4 cm³/mol. The van der Waals surface area contributed by atoms with E-state index < -0.39 is 0 Å². The molecule has 0 radical (unpaired) electrons. The van der Waals surface area contributed by atoms with Crippen LogP contribution in [0.4, 0.5) is 0 Å². The fraction of sp³-hybridized carbons (Fsp3) is 0.562. The van der Waals surface area contributed by atoms with E-state index in [1.807, 2.05) is 0 Å². The van der Waals surface area contributed by atoms with Gasteiger partial charge in [0.25, 0.3) is 0 Å². The van der Waals surface area contributed by atoms with Gasteiger partial charge < -0.3 is 11.1 Å². The Morgan fingerprint density at radius 1 is 1.11 bits per heavy atom. The van der Waals surface area contributed by atoms with Crippen molar-refractivity contribution < 1.29 is 0 Å². The second-order valence-corrected chi connectivity index (χ2v) is 5.94. The van der Waals surface area contributed by atoms with Crippen LogP contribution in [0.1, 0.15) is 45.6 Å². The maximum absolute atomic E-state index is 5.80. The molecule has 0 aliphatic rings. The Hall–Kier alpha value is -1.51. The van der Waals surface area contributed by atoms with E-state index in [0.717, 1.165) is 19.4 Å². The molecule has 0 amide bonds. The lowest BCUT2D eigenvalue weighted by molar-refractivity contribution is 0.508. The zero-order valence-corrected chi connectivity index (χ0v) is 12.4. The quantitative estimate of drug-likeness (QED) is 0.469. The third-order valence-electron chi connectivity index (χ3n) is 2.75. The van der Waals surface area contributed by atoms with Crippen LogP contribution in [-0.4, -0.2) is 18.0 Å². The molecule has 0 saturated carbocycles. The minimum atomic E-state index is -0.0130. The van der Waals surface area contributed by atoms with Crippen molar-refractivity contribution in [1.82, 2.24) is 5.32 Å². The topological polar surface area (TPSA) is 50.4 Å². The average molecular weight is 261 g/mol. The van der Waals surface area contributed by atoms with Gasteiger partial charge in [-0.1, -0.05) is 36.8 Å². The molecule has 3 N–H and O–H groups in total. The second-order valence-electron chi connectivity index (χ2n) is 5.94. The summed E-state index contributed by atoms with van der Waals surface area (Å²) < 4.78 is 0. The summed E-state index contributed by atoms with van der Waals surface area (Å²) in [7, 11) is 0. The first-order valence-corrected chi connectivity index (χ1v) is 7.09. The van der Waals surface area contributed by atoms with Gasteiger partial charge in [-0.15, -0.1) is 0 Å². The lowest BCUT2D eigenvalue weighted by atomic mass is 10.1. The van der Waals surface area contributed by atoms with Crippen molar-refractivity contribution in [3.05, 3.63) is 35.9 Å². The number of nitrogens with zero attached hydrogens (tertiary/aromatic N) is 1. The summed E-state index contributed by atoms with van der Waals surface area (Å²) in [4.78, 5) is 4.34. The van der Waals surface area contributed by atoms with Gasteiger partial charge in [-0.2, -0.15) is 0 Å². The van der Waals surface area contributed by atoms with Gasteiger partial charge in [-0.05, 0) is 45.6 Å². The Labute approximate surface area is 117 Å². The molecule has 0 heterocycles. The van der Waals surface area contributed by atoms with Gasteiger partial charge in [0, 0.05) is 12.1 Å². The highest BCUT2D eigenvalue weighted by Crippen LogP contribution is 2.06. The summed E-state index contributed by atoms with van der Waals surface area (Å²) in [5.41, 5.74) is 7.21. The zero-order valence-electron chi connectivity index (χ0n) is 12.4. The molecule has 1 aromatic rings. The van der Waals surface area contributed by atoms with Crippen LogP contribution in [0.5, 0.6) is 0 Å². The molecule has 0 atom stereocenters. The van der Waals surface area contributed by atoms with Crippen LogP contribution in [0.15, 0.2) is 35.3 Å². The van der Waals surface area contributed by atoms with E-state index in [1.165, 1.54) is 18.4 Å². The highest BCUT2D eigenvalue weighted by molar-refractivity contribution is 5.78. The van der Waals surface area contributed by atoms with Crippen LogP contribution in [0.3, 0.4) is 0 Å². The number of unbranched alkanes of at least 4 members (excludes halogenated alkanes) is 2. The van der Waals surface area contributed by atoms with Crippen molar-refractivity contribution in [2.45, 2.75) is 52.0 Å². The summed E-state index contributed by atoms with van der Waals surface area (Å²) in [6.07, 6.45) is 4.66. The van der Waals surface area contributed by atoms with E-state index >= 15 is 0 Å². The highest BCUT2D eigenvalue weighted by atomic mass is 15.1. The van der Waals surface area contributed by atoms with Gasteiger partial charge in [0.05, 0.1) is 0 Å². The molecule has 0 aliphatic heterocycles. The van der Waals surface area contributed by atoms with Gasteiger partial charge >= 0.3 is 0 Å². The standard InChI is InChI=1S/C16H27N3/c1-16(2,3)19-15(17)18-13-9-5-8-12-14-10-6-4-7-11-14/h4,6-7,10-11H,5,8-9,12-13H2,1-3H3,(H3,17,18,19). The summed E-state index contributed by atoms with van der Waals surface area (Å²) in [5.74, 6) is 0.551. The smallest absolute Gasteiger partial charge is 0.188 e.